The van der Waals surface area contributed by atoms with Gasteiger partial charge in [-0.05, 0) is 48.9 Å². The number of rotatable bonds is 3. The quantitative estimate of drug-likeness (QED) is 0.827. The predicted octanol–water partition coefficient (Wildman–Crippen LogP) is 3.76. The Kier molecular flexibility index (Phi) is 5.75. The molecule has 0 radical (unpaired) electrons. The molecule has 2 saturated heterocycles. The molecule has 3 nitrogen and oxygen atoms in total. The van der Waals surface area contributed by atoms with Gasteiger partial charge in [-0.25, -0.2) is 0 Å². The largest absolute Gasteiger partial charge is 0.371 e. The van der Waals surface area contributed by atoms with E-state index in [1.54, 1.807) is 0 Å². The molecule has 0 aliphatic carbocycles. The Morgan fingerprint density at radius 1 is 0.960 bits per heavy atom. The molecule has 0 aromatic heterocycles. The number of aryl methyl sites for hydroxylation is 1. The molecular weight excluding hydrogens is 306 g/mol. The number of nitrogens with zero attached hydrogens (tertiary/aromatic N) is 3. The van der Waals surface area contributed by atoms with E-state index >= 15 is 0 Å². The molecule has 1 aromatic carbocycles. The van der Waals surface area contributed by atoms with Crippen LogP contribution in [0.25, 0.3) is 0 Å². The van der Waals surface area contributed by atoms with E-state index in [9.17, 15) is 0 Å². The van der Waals surface area contributed by atoms with Gasteiger partial charge in [-0.15, -0.1) is 0 Å². The standard InChI is InChI=1S/C22H37N3/c1-6-18-7-8-19(22(2,3)4)17-21(18)25-11-9-20(10-12-25)24-15-13-23(5)14-16-24/h7-8,17,20H,6,9-16H2,1-5H3. The van der Waals surface area contributed by atoms with Gasteiger partial charge in [0.2, 0.25) is 0 Å². The van der Waals surface area contributed by atoms with E-state index in [1.165, 1.54) is 68.9 Å². The molecular formula is C22H37N3. The average molecular weight is 344 g/mol. The molecule has 2 heterocycles. The van der Waals surface area contributed by atoms with Crippen molar-refractivity contribution in [2.24, 2.45) is 0 Å². The minimum Gasteiger partial charge on any atom is -0.371 e. The lowest BCUT2D eigenvalue weighted by molar-refractivity contribution is 0.0982. The molecule has 2 fully saturated rings. The van der Waals surface area contributed by atoms with Crippen LogP contribution in [-0.4, -0.2) is 62.2 Å². The van der Waals surface area contributed by atoms with Crippen molar-refractivity contribution in [3.05, 3.63) is 29.3 Å². The van der Waals surface area contributed by atoms with Crippen molar-refractivity contribution >= 4 is 5.69 Å². The van der Waals surface area contributed by atoms with Crippen LogP contribution >= 0.6 is 0 Å². The fraction of sp³-hybridized carbons (Fsp3) is 0.727. The van der Waals surface area contributed by atoms with Gasteiger partial charge in [0.15, 0.2) is 0 Å². The predicted molar refractivity (Wildman–Crippen MR) is 109 cm³/mol. The summed E-state index contributed by atoms with van der Waals surface area (Å²) in [6, 6.07) is 7.96. The molecule has 1 aromatic rings. The molecule has 2 aliphatic rings. The second-order valence-corrected chi connectivity index (χ2v) is 9.00. The lowest BCUT2D eigenvalue weighted by atomic mass is 9.85. The maximum absolute atomic E-state index is 2.74. The van der Waals surface area contributed by atoms with E-state index in [1.807, 2.05) is 0 Å². The molecule has 0 unspecified atom stereocenters. The van der Waals surface area contributed by atoms with Crippen molar-refractivity contribution in [1.29, 1.82) is 0 Å². The smallest absolute Gasteiger partial charge is 0.0401 e. The third kappa shape index (κ3) is 4.38. The highest BCUT2D eigenvalue weighted by Crippen LogP contribution is 2.32. The van der Waals surface area contributed by atoms with E-state index in [0.717, 1.165) is 12.5 Å². The highest BCUT2D eigenvalue weighted by atomic mass is 15.3. The number of hydrogen-bond donors (Lipinski definition) is 0. The van der Waals surface area contributed by atoms with Crippen LogP contribution in [0.1, 0.15) is 51.7 Å². The van der Waals surface area contributed by atoms with Gasteiger partial charge in [0.25, 0.3) is 0 Å². The van der Waals surface area contributed by atoms with Gasteiger partial charge in [-0.1, -0.05) is 39.8 Å². The van der Waals surface area contributed by atoms with Crippen LogP contribution in [-0.2, 0) is 11.8 Å². The monoisotopic (exact) mass is 343 g/mol. The molecule has 0 N–H and O–H groups in total. The van der Waals surface area contributed by atoms with E-state index in [2.05, 4.69) is 67.6 Å². The highest BCUT2D eigenvalue weighted by molar-refractivity contribution is 5.57. The number of hydrogen-bond acceptors (Lipinski definition) is 3. The molecule has 140 valence electrons. The summed E-state index contributed by atoms with van der Waals surface area (Å²) in [6.07, 6.45) is 3.75. The van der Waals surface area contributed by atoms with Crippen LogP contribution in [0.5, 0.6) is 0 Å². The first-order valence-corrected chi connectivity index (χ1v) is 10.2. The number of anilines is 1. The van der Waals surface area contributed by atoms with Gasteiger partial charge in [0, 0.05) is 51.0 Å². The second-order valence-electron chi connectivity index (χ2n) is 9.00. The van der Waals surface area contributed by atoms with E-state index < -0.39 is 0 Å². The first-order chi connectivity index (χ1) is 11.9. The van der Waals surface area contributed by atoms with E-state index in [4.69, 9.17) is 0 Å². The molecule has 25 heavy (non-hydrogen) atoms. The Labute approximate surface area is 155 Å². The van der Waals surface area contributed by atoms with Crippen LogP contribution in [0.3, 0.4) is 0 Å². The Hall–Kier alpha value is -1.06. The van der Waals surface area contributed by atoms with Crippen molar-refractivity contribution in [2.75, 3.05) is 51.2 Å². The summed E-state index contributed by atoms with van der Waals surface area (Å²) in [4.78, 5) is 7.85. The molecule has 0 amide bonds. The van der Waals surface area contributed by atoms with Crippen molar-refractivity contribution in [1.82, 2.24) is 9.80 Å². The zero-order valence-electron chi connectivity index (χ0n) is 17.0. The zero-order valence-corrected chi connectivity index (χ0v) is 17.0. The first-order valence-electron chi connectivity index (χ1n) is 10.2. The minimum atomic E-state index is 0.221. The fourth-order valence-electron chi connectivity index (χ4n) is 4.28. The van der Waals surface area contributed by atoms with Crippen LogP contribution in [0.15, 0.2) is 18.2 Å². The van der Waals surface area contributed by atoms with E-state index in [-0.39, 0.29) is 5.41 Å². The molecule has 3 rings (SSSR count). The van der Waals surface area contributed by atoms with Crippen molar-refractivity contribution in [3.63, 3.8) is 0 Å². The van der Waals surface area contributed by atoms with Gasteiger partial charge in [-0.3, -0.25) is 4.90 Å². The molecule has 2 aliphatic heterocycles. The lowest BCUT2D eigenvalue weighted by Crippen LogP contribution is -2.52. The van der Waals surface area contributed by atoms with Crippen LogP contribution in [0.4, 0.5) is 5.69 Å². The molecule has 0 spiro atoms. The summed E-state index contributed by atoms with van der Waals surface area (Å²) < 4.78 is 0. The van der Waals surface area contributed by atoms with Gasteiger partial charge in [0.1, 0.15) is 0 Å². The van der Waals surface area contributed by atoms with Gasteiger partial charge >= 0.3 is 0 Å². The summed E-state index contributed by atoms with van der Waals surface area (Å²) in [7, 11) is 2.24. The molecule has 0 atom stereocenters. The van der Waals surface area contributed by atoms with E-state index in [0.29, 0.717) is 0 Å². The summed E-state index contributed by atoms with van der Waals surface area (Å²) in [5.41, 5.74) is 4.68. The number of piperidine rings is 1. The third-order valence-electron chi connectivity index (χ3n) is 6.19. The number of piperazine rings is 1. The summed E-state index contributed by atoms with van der Waals surface area (Å²) in [5.74, 6) is 0. The first kappa shape index (κ1) is 18.7. The molecule has 0 bridgehead atoms. The Balaban J connectivity index is 1.68. The minimum absolute atomic E-state index is 0.221. The fourth-order valence-corrected chi connectivity index (χ4v) is 4.28. The normalized spacial score (nSPS) is 21.7. The molecule has 0 saturated carbocycles. The maximum Gasteiger partial charge on any atom is 0.0401 e. The van der Waals surface area contributed by atoms with Crippen LogP contribution < -0.4 is 4.90 Å². The van der Waals surface area contributed by atoms with Gasteiger partial charge in [-0.2, -0.15) is 0 Å². The number of benzene rings is 1. The van der Waals surface area contributed by atoms with Crippen molar-refractivity contribution in [3.8, 4) is 0 Å². The SMILES string of the molecule is CCc1ccc(C(C)(C)C)cc1N1CCC(N2CCN(C)CC2)CC1. The highest BCUT2D eigenvalue weighted by Gasteiger charge is 2.27. The lowest BCUT2D eigenvalue weighted by Gasteiger charge is -2.43. The topological polar surface area (TPSA) is 9.72 Å². The zero-order chi connectivity index (χ0) is 18.0. The average Bonchev–Trinajstić information content (AvgIpc) is 2.61. The third-order valence-corrected chi connectivity index (χ3v) is 6.19. The number of likely N-dealkylation sites (N-methyl/N-ethyl adjacent to an activating group) is 1. The second kappa shape index (κ2) is 7.67. The van der Waals surface area contributed by atoms with Gasteiger partial charge < -0.3 is 9.80 Å². The summed E-state index contributed by atoms with van der Waals surface area (Å²) >= 11 is 0. The van der Waals surface area contributed by atoms with Crippen LogP contribution in [0.2, 0.25) is 0 Å². The Bertz CT molecular complexity index is 559. The van der Waals surface area contributed by atoms with Gasteiger partial charge in [0.05, 0.1) is 0 Å². The van der Waals surface area contributed by atoms with Crippen LogP contribution in [0, 0.1) is 0 Å². The van der Waals surface area contributed by atoms with Crippen molar-refractivity contribution in [2.45, 2.75) is 58.4 Å². The summed E-state index contributed by atoms with van der Waals surface area (Å²) in [5, 5.41) is 0. The Morgan fingerprint density at radius 3 is 2.16 bits per heavy atom. The maximum atomic E-state index is 2.74. The molecule has 3 heteroatoms. The summed E-state index contributed by atoms with van der Waals surface area (Å²) in [6.45, 7) is 16.6. The Morgan fingerprint density at radius 2 is 1.60 bits per heavy atom. The van der Waals surface area contributed by atoms with Crippen molar-refractivity contribution < 1.29 is 0 Å².